The van der Waals surface area contributed by atoms with Gasteiger partial charge >= 0.3 is 0 Å². The largest absolute Gasteiger partial charge is 0.369 e. The molecule has 13 heavy (non-hydrogen) atoms. The molecule has 1 heterocycles. The minimum Gasteiger partial charge on any atom is -0.369 e. The average Bonchev–Trinajstić information content (AvgIpc) is 2.53. The molecular weight excluding hydrogens is 166 g/mol. The van der Waals surface area contributed by atoms with Crippen LogP contribution in [0.1, 0.15) is 12.8 Å². The SMILES string of the molecule is CNCCCN1CCC(C(N)=O)C1. The molecule has 1 aliphatic heterocycles. The van der Waals surface area contributed by atoms with Gasteiger partial charge in [-0.3, -0.25) is 4.79 Å². The topological polar surface area (TPSA) is 58.4 Å². The normalized spacial score (nSPS) is 23.6. The highest BCUT2D eigenvalue weighted by molar-refractivity contribution is 5.77. The second-order valence-corrected chi connectivity index (χ2v) is 3.65. The molecule has 0 aliphatic carbocycles. The summed E-state index contributed by atoms with van der Waals surface area (Å²) in [7, 11) is 1.95. The van der Waals surface area contributed by atoms with Crippen LogP contribution < -0.4 is 11.1 Å². The number of nitrogens with zero attached hydrogens (tertiary/aromatic N) is 1. The summed E-state index contributed by atoms with van der Waals surface area (Å²) in [5, 5.41) is 3.11. The van der Waals surface area contributed by atoms with Crippen molar-refractivity contribution in [1.82, 2.24) is 10.2 Å². The number of hydrogen-bond acceptors (Lipinski definition) is 3. The van der Waals surface area contributed by atoms with E-state index >= 15 is 0 Å². The number of carbonyl (C=O) groups is 1. The minimum absolute atomic E-state index is 0.0922. The monoisotopic (exact) mass is 185 g/mol. The maximum atomic E-state index is 10.9. The molecule has 1 fully saturated rings. The van der Waals surface area contributed by atoms with Gasteiger partial charge in [0, 0.05) is 6.54 Å². The molecule has 0 bridgehead atoms. The molecule has 0 aromatic carbocycles. The number of nitrogens with one attached hydrogen (secondary N) is 1. The van der Waals surface area contributed by atoms with E-state index in [4.69, 9.17) is 5.73 Å². The number of amides is 1. The van der Waals surface area contributed by atoms with Crippen LogP contribution in [0.3, 0.4) is 0 Å². The van der Waals surface area contributed by atoms with E-state index in [-0.39, 0.29) is 11.8 Å². The molecule has 76 valence electrons. The summed E-state index contributed by atoms with van der Waals surface area (Å²) in [5.74, 6) is -0.0503. The lowest BCUT2D eigenvalue weighted by Gasteiger charge is -2.14. The standard InChI is InChI=1S/C9H19N3O/c1-11-4-2-5-12-6-3-8(7-12)9(10)13/h8,11H,2-7H2,1H3,(H2,10,13). The molecule has 4 heteroatoms. The van der Waals surface area contributed by atoms with E-state index in [2.05, 4.69) is 10.2 Å². The van der Waals surface area contributed by atoms with Crippen LogP contribution in [-0.4, -0.2) is 44.0 Å². The fourth-order valence-corrected chi connectivity index (χ4v) is 1.75. The van der Waals surface area contributed by atoms with E-state index in [9.17, 15) is 4.79 Å². The van der Waals surface area contributed by atoms with Gasteiger partial charge in [0.2, 0.25) is 5.91 Å². The van der Waals surface area contributed by atoms with Crippen LogP contribution in [-0.2, 0) is 4.79 Å². The van der Waals surface area contributed by atoms with Crippen molar-refractivity contribution in [2.75, 3.05) is 33.2 Å². The zero-order valence-electron chi connectivity index (χ0n) is 8.25. The molecule has 1 amide bonds. The lowest BCUT2D eigenvalue weighted by Crippen LogP contribution is -2.28. The fraction of sp³-hybridized carbons (Fsp3) is 0.889. The lowest BCUT2D eigenvalue weighted by atomic mass is 10.1. The van der Waals surface area contributed by atoms with E-state index in [1.807, 2.05) is 7.05 Å². The van der Waals surface area contributed by atoms with E-state index in [1.165, 1.54) is 0 Å². The Balaban J connectivity index is 2.14. The van der Waals surface area contributed by atoms with Gasteiger partial charge in [-0.2, -0.15) is 0 Å². The van der Waals surface area contributed by atoms with E-state index in [1.54, 1.807) is 0 Å². The highest BCUT2D eigenvalue weighted by Gasteiger charge is 2.25. The van der Waals surface area contributed by atoms with Gasteiger partial charge in [0.25, 0.3) is 0 Å². The van der Waals surface area contributed by atoms with Crippen molar-refractivity contribution in [2.24, 2.45) is 11.7 Å². The molecule has 4 nitrogen and oxygen atoms in total. The predicted octanol–water partition coefficient (Wildman–Crippen LogP) is -0.597. The van der Waals surface area contributed by atoms with Crippen LogP contribution in [0, 0.1) is 5.92 Å². The fourth-order valence-electron chi connectivity index (χ4n) is 1.75. The predicted molar refractivity (Wildman–Crippen MR) is 52.3 cm³/mol. The molecular formula is C9H19N3O. The summed E-state index contributed by atoms with van der Waals surface area (Å²) < 4.78 is 0. The average molecular weight is 185 g/mol. The second kappa shape index (κ2) is 5.19. The van der Waals surface area contributed by atoms with Crippen LogP contribution in [0.25, 0.3) is 0 Å². The first-order valence-corrected chi connectivity index (χ1v) is 4.90. The van der Waals surface area contributed by atoms with Crippen molar-refractivity contribution >= 4 is 5.91 Å². The third kappa shape index (κ3) is 3.32. The van der Waals surface area contributed by atoms with Gasteiger partial charge in [-0.15, -0.1) is 0 Å². The molecule has 0 aromatic heterocycles. The van der Waals surface area contributed by atoms with Gasteiger partial charge < -0.3 is 16.0 Å². The first kappa shape index (κ1) is 10.5. The highest BCUT2D eigenvalue weighted by atomic mass is 16.1. The third-order valence-corrected chi connectivity index (χ3v) is 2.58. The molecule has 3 N–H and O–H groups in total. The number of carbonyl (C=O) groups excluding carboxylic acids is 1. The van der Waals surface area contributed by atoms with Crippen LogP contribution in [0.4, 0.5) is 0 Å². The molecule has 0 radical (unpaired) electrons. The van der Waals surface area contributed by atoms with Gasteiger partial charge in [0.15, 0.2) is 0 Å². The van der Waals surface area contributed by atoms with Crippen molar-refractivity contribution in [1.29, 1.82) is 0 Å². The molecule has 1 saturated heterocycles. The van der Waals surface area contributed by atoms with Crippen LogP contribution >= 0.6 is 0 Å². The Morgan fingerprint density at radius 2 is 2.46 bits per heavy atom. The van der Waals surface area contributed by atoms with Gasteiger partial charge in [-0.25, -0.2) is 0 Å². The summed E-state index contributed by atoms with van der Waals surface area (Å²) in [6.45, 7) is 4.00. The lowest BCUT2D eigenvalue weighted by molar-refractivity contribution is -0.121. The number of likely N-dealkylation sites (tertiary alicyclic amines) is 1. The van der Waals surface area contributed by atoms with Gasteiger partial charge in [0.05, 0.1) is 5.92 Å². The van der Waals surface area contributed by atoms with E-state index < -0.39 is 0 Å². The van der Waals surface area contributed by atoms with Crippen molar-refractivity contribution in [3.63, 3.8) is 0 Å². The Labute approximate surface area is 79.5 Å². The quantitative estimate of drug-likeness (QED) is 0.562. The van der Waals surface area contributed by atoms with E-state index in [0.29, 0.717) is 0 Å². The Hall–Kier alpha value is -0.610. The Morgan fingerprint density at radius 1 is 1.69 bits per heavy atom. The Bertz CT molecular complexity index is 172. The van der Waals surface area contributed by atoms with Crippen LogP contribution in [0.2, 0.25) is 0 Å². The third-order valence-electron chi connectivity index (χ3n) is 2.58. The maximum absolute atomic E-state index is 10.9. The molecule has 0 saturated carbocycles. The number of hydrogen-bond donors (Lipinski definition) is 2. The van der Waals surface area contributed by atoms with Gasteiger partial charge in [-0.1, -0.05) is 0 Å². The highest BCUT2D eigenvalue weighted by Crippen LogP contribution is 2.15. The summed E-state index contributed by atoms with van der Waals surface area (Å²) in [4.78, 5) is 13.2. The Kier molecular flexibility index (Phi) is 4.18. The molecule has 1 atom stereocenters. The second-order valence-electron chi connectivity index (χ2n) is 3.65. The van der Waals surface area contributed by atoms with Crippen LogP contribution in [0.5, 0.6) is 0 Å². The molecule has 0 spiro atoms. The smallest absolute Gasteiger partial charge is 0.221 e. The van der Waals surface area contributed by atoms with Gasteiger partial charge in [-0.05, 0) is 39.5 Å². The molecule has 1 aliphatic rings. The zero-order valence-corrected chi connectivity index (χ0v) is 8.25. The molecule has 0 aromatic rings. The summed E-state index contributed by atoms with van der Waals surface area (Å²) >= 11 is 0. The van der Waals surface area contributed by atoms with E-state index in [0.717, 1.165) is 39.0 Å². The number of nitrogens with two attached hydrogens (primary N) is 1. The maximum Gasteiger partial charge on any atom is 0.221 e. The van der Waals surface area contributed by atoms with Crippen molar-refractivity contribution in [2.45, 2.75) is 12.8 Å². The number of rotatable bonds is 5. The summed E-state index contributed by atoms with van der Waals surface area (Å²) in [5.41, 5.74) is 5.24. The molecule has 1 rings (SSSR count). The first-order valence-electron chi connectivity index (χ1n) is 4.90. The number of primary amides is 1. The zero-order chi connectivity index (χ0) is 9.68. The van der Waals surface area contributed by atoms with Crippen molar-refractivity contribution in [3.05, 3.63) is 0 Å². The van der Waals surface area contributed by atoms with Crippen LogP contribution in [0.15, 0.2) is 0 Å². The molecule has 1 unspecified atom stereocenters. The summed E-state index contributed by atoms with van der Waals surface area (Å²) in [6.07, 6.45) is 2.08. The Morgan fingerprint density at radius 3 is 3.00 bits per heavy atom. The van der Waals surface area contributed by atoms with Gasteiger partial charge in [0.1, 0.15) is 0 Å². The first-order chi connectivity index (χ1) is 6.24. The summed E-state index contributed by atoms with van der Waals surface area (Å²) in [6, 6.07) is 0. The van der Waals surface area contributed by atoms with Crippen molar-refractivity contribution < 1.29 is 4.79 Å². The van der Waals surface area contributed by atoms with Crippen molar-refractivity contribution in [3.8, 4) is 0 Å². The minimum atomic E-state index is -0.142.